The summed E-state index contributed by atoms with van der Waals surface area (Å²) in [5.74, 6) is -0.797. The van der Waals surface area contributed by atoms with E-state index in [1.54, 1.807) is 30.3 Å². The smallest absolute Gasteiger partial charge is 0.320 e. The lowest BCUT2D eigenvalue weighted by atomic mass is 10.0. The summed E-state index contributed by atoms with van der Waals surface area (Å²) in [5.41, 5.74) is 2.06. The van der Waals surface area contributed by atoms with Gasteiger partial charge in [-0.1, -0.05) is 37.6 Å². The van der Waals surface area contributed by atoms with Gasteiger partial charge in [0.05, 0.1) is 0 Å². The number of carbonyl (C=O) groups excluding carboxylic acids is 1. The van der Waals surface area contributed by atoms with E-state index < -0.39 is 12.0 Å². The van der Waals surface area contributed by atoms with Crippen LogP contribution in [0.2, 0.25) is 5.02 Å². The minimum absolute atomic E-state index is 0.227. The average molecular weight is 375 g/mol. The van der Waals surface area contributed by atoms with Gasteiger partial charge in [0.15, 0.2) is 0 Å². The normalized spacial score (nSPS) is 12.0. The Morgan fingerprint density at radius 3 is 2.42 bits per heavy atom. The number of halogens is 1. The van der Waals surface area contributed by atoms with Crippen molar-refractivity contribution in [2.75, 3.05) is 5.32 Å². The first-order valence-corrected chi connectivity index (χ1v) is 8.85. The van der Waals surface area contributed by atoms with Crippen LogP contribution in [0, 0.1) is 5.92 Å². The molecule has 5 nitrogen and oxygen atoms in total. The Bertz CT molecular complexity index is 760. The van der Waals surface area contributed by atoms with E-state index in [1.807, 2.05) is 32.0 Å². The van der Waals surface area contributed by atoms with Gasteiger partial charge >= 0.3 is 5.97 Å². The van der Waals surface area contributed by atoms with Crippen LogP contribution in [0.3, 0.4) is 0 Å². The Labute approximate surface area is 158 Å². The number of rotatable bonds is 8. The van der Waals surface area contributed by atoms with Crippen LogP contribution >= 0.6 is 11.6 Å². The van der Waals surface area contributed by atoms with Gasteiger partial charge in [0.1, 0.15) is 6.04 Å². The molecule has 0 aliphatic heterocycles. The van der Waals surface area contributed by atoms with Crippen molar-refractivity contribution in [2.24, 2.45) is 5.92 Å². The number of carbonyl (C=O) groups is 2. The summed E-state index contributed by atoms with van der Waals surface area (Å²) in [6, 6.07) is 13.4. The summed E-state index contributed by atoms with van der Waals surface area (Å²) in [5, 5.41) is 15.8. The zero-order valence-electron chi connectivity index (χ0n) is 14.8. The van der Waals surface area contributed by atoms with Gasteiger partial charge in [-0.15, -0.1) is 0 Å². The first-order valence-electron chi connectivity index (χ1n) is 8.47. The lowest BCUT2D eigenvalue weighted by molar-refractivity contribution is -0.140. The Morgan fingerprint density at radius 1 is 1.12 bits per heavy atom. The fraction of sp³-hybridized carbons (Fsp3) is 0.300. The first-order chi connectivity index (χ1) is 12.3. The molecule has 0 aromatic heterocycles. The second-order valence-electron chi connectivity index (χ2n) is 6.56. The number of hydrogen-bond acceptors (Lipinski definition) is 3. The third kappa shape index (κ3) is 6.17. The van der Waals surface area contributed by atoms with Gasteiger partial charge in [-0.2, -0.15) is 0 Å². The van der Waals surface area contributed by atoms with Crippen molar-refractivity contribution in [3.63, 3.8) is 0 Å². The molecule has 0 saturated heterocycles. The Hall–Kier alpha value is -2.37. The molecule has 1 unspecified atom stereocenters. The molecule has 2 rings (SSSR count). The van der Waals surface area contributed by atoms with Crippen molar-refractivity contribution in [3.05, 3.63) is 64.7 Å². The molecule has 0 aliphatic rings. The van der Waals surface area contributed by atoms with E-state index in [0.717, 1.165) is 5.56 Å². The van der Waals surface area contributed by atoms with Crippen molar-refractivity contribution in [1.29, 1.82) is 0 Å². The van der Waals surface area contributed by atoms with Crippen LogP contribution in [0.4, 0.5) is 5.69 Å². The van der Waals surface area contributed by atoms with Crippen molar-refractivity contribution >= 4 is 29.2 Å². The number of benzene rings is 2. The number of carboxylic acid groups (broad SMARTS) is 1. The molecule has 1 amide bonds. The van der Waals surface area contributed by atoms with E-state index in [-0.39, 0.29) is 11.8 Å². The van der Waals surface area contributed by atoms with E-state index in [1.165, 1.54) is 0 Å². The zero-order valence-corrected chi connectivity index (χ0v) is 15.6. The largest absolute Gasteiger partial charge is 0.480 e. The summed E-state index contributed by atoms with van der Waals surface area (Å²) >= 11 is 5.83. The minimum Gasteiger partial charge on any atom is -0.480 e. The lowest BCUT2D eigenvalue weighted by Gasteiger charge is -2.17. The fourth-order valence-corrected chi connectivity index (χ4v) is 2.67. The maximum atomic E-state index is 12.3. The SMILES string of the molecule is CC(C)CC(NCc1cccc(NC(=O)c2ccc(Cl)cc2)c1)C(=O)O. The first kappa shape index (κ1) is 19.9. The summed E-state index contributed by atoms with van der Waals surface area (Å²) in [6.07, 6.45) is 0.558. The van der Waals surface area contributed by atoms with Gasteiger partial charge in [0, 0.05) is 22.8 Å². The van der Waals surface area contributed by atoms with Gasteiger partial charge < -0.3 is 15.7 Å². The molecule has 0 bridgehead atoms. The highest BCUT2D eigenvalue weighted by Crippen LogP contribution is 2.15. The van der Waals surface area contributed by atoms with E-state index in [9.17, 15) is 14.7 Å². The second kappa shape index (κ2) is 9.36. The average Bonchev–Trinajstić information content (AvgIpc) is 2.59. The third-order valence-electron chi connectivity index (χ3n) is 3.85. The lowest BCUT2D eigenvalue weighted by Crippen LogP contribution is -2.37. The number of carboxylic acids is 1. The molecule has 3 N–H and O–H groups in total. The van der Waals surface area contributed by atoms with E-state index >= 15 is 0 Å². The Morgan fingerprint density at radius 2 is 1.81 bits per heavy atom. The van der Waals surface area contributed by atoms with Crippen molar-refractivity contribution in [2.45, 2.75) is 32.9 Å². The van der Waals surface area contributed by atoms with Gasteiger partial charge in [-0.25, -0.2) is 0 Å². The van der Waals surface area contributed by atoms with Crippen LogP contribution in [0.5, 0.6) is 0 Å². The standard InChI is InChI=1S/C20H23ClN2O3/c1-13(2)10-18(20(25)26)22-12-14-4-3-5-17(11-14)23-19(24)15-6-8-16(21)9-7-15/h3-9,11,13,18,22H,10,12H2,1-2H3,(H,23,24)(H,25,26). The summed E-state index contributed by atoms with van der Waals surface area (Å²) in [7, 11) is 0. The maximum Gasteiger partial charge on any atom is 0.320 e. The summed E-state index contributed by atoms with van der Waals surface area (Å²) < 4.78 is 0. The van der Waals surface area contributed by atoms with Crippen LogP contribution in [0.25, 0.3) is 0 Å². The fourth-order valence-electron chi connectivity index (χ4n) is 2.55. The zero-order chi connectivity index (χ0) is 19.1. The van der Waals surface area contributed by atoms with Gasteiger partial charge in [0.25, 0.3) is 5.91 Å². The Balaban J connectivity index is 1.99. The van der Waals surface area contributed by atoms with Crippen molar-refractivity contribution in [3.8, 4) is 0 Å². The van der Waals surface area contributed by atoms with E-state index in [2.05, 4.69) is 10.6 Å². The second-order valence-corrected chi connectivity index (χ2v) is 7.00. The molecule has 0 spiro atoms. The predicted octanol–water partition coefficient (Wildman–Crippen LogP) is 4.18. The van der Waals surface area contributed by atoms with Crippen LogP contribution < -0.4 is 10.6 Å². The molecule has 0 aliphatic carbocycles. The number of nitrogens with one attached hydrogen (secondary N) is 2. The number of amides is 1. The van der Waals surface area contributed by atoms with Crippen LogP contribution in [0.15, 0.2) is 48.5 Å². The molecule has 6 heteroatoms. The van der Waals surface area contributed by atoms with Crippen LogP contribution in [0.1, 0.15) is 36.2 Å². The summed E-state index contributed by atoms with van der Waals surface area (Å²) in [4.78, 5) is 23.6. The molecule has 2 aromatic rings. The topological polar surface area (TPSA) is 78.4 Å². The summed E-state index contributed by atoms with van der Waals surface area (Å²) in [6.45, 7) is 4.39. The van der Waals surface area contributed by atoms with E-state index in [4.69, 9.17) is 11.6 Å². The third-order valence-corrected chi connectivity index (χ3v) is 4.10. The molecular formula is C20H23ClN2O3. The highest BCUT2D eigenvalue weighted by atomic mass is 35.5. The number of aliphatic carboxylic acids is 1. The molecular weight excluding hydrogens is 352 g/mol. The van der Waals surface area contributed by atoms with Crippen LogP contribution in [-0.2, 0) is 11.3 Å². The molecule has 0 radical (unpaired) electrons. The highest BCUT2D eigenvalue weighted by Gasteiger charge is 2.18. The molecule has 0 heterocycles. The molecule has 138 valence electrons. The highest BCUT2D eigenvalue weighted by molar-refractivity contribution is 6.30. The van der Waals surface area contributed by atoms with Gasteiger partial charge in [-0.05, 0) is 54.3 Å². The minimum atomic E-state index is -0.856. The predicted molar refractivity (Wildman–Crippen MR) is 104 cm³/mol. The Kier molecular flexibility index (Phi) is 7.18. The number of anilines is 1. The molecule has 2 aromatic carbocycles. The van der Waals surface area contributed by atoms with Crippen molar-refractivity contribution < 1.29 is 14.7 Å². The van der Waals surface area contributed by atoms with Crippen LogP contribution in [-0.4, -0.2) is 23.0 Å². The molecule has 26 heavy (non-hydrogen) atoms. The monoisotopic (exact) mass is 374 g/mol. The van der Waals surface area contributed by atoms with E-state index in [0.29, 0.717) is 29.2 Å². The van der Waals surface area contributed by atoms with Gasteiger partial charge in [-0.3, -0.25) is 9.59 Å². The molecule has 1 atom stereocenters. The maximum absolute atomic E-state index is 12.3. The molecule has 0 fully saturated rings. The van der Waals surface area contributed by atoms with Crippen molar-refractivity contribution in [1.82, 2.24) is 5.32 Å². The quantitative estimate of drug-likeness (QED) is 0.647. The molecule has 0 saturated carbocycles. The van der Waals surface area contributed by atoms with Gasteiger partial charge in [0.2, 0.25) is 0 Å². The number of hydrogen-bond donors (Lipinski definition) is 3.